The highest BCUT2D eigenvalue weighted by Gasteiger charge is 2.60. The first-order valence-electron chi connectivity index (χ1n) is 9.24. The van der Waals surface area contributed by atoms with Gasteiger partial charge in [0.25, 0.3) is 0 Å². The number of aromatic amines is 1. The second kappa shape index (κ2) is 5.07. The van der Waals surface area contributed by atoms with E-state index in [1.165, 1.54) is 12.1 Å². The monoisotopic (exact) mass is 342 g/mol. The molecule has 2 aromatic rings. The molecule has 2 saturated carbocycles. The molecular formula is C20H23FN2O2. The third-order valence-corrected chi connectivity index (χ3v) is 6.69. The molecule has 5 heteroatoms. The fourth-order valence-electron chi connectivity index (χ4n) is 5.74. The number of rotatable bonds is 3. The zero-order valence-electron chi connectivity index (χ0n) is 14.3. The Labute approximate surface area is 146 Å². The lowest BCUT2D eigenvalue weighted by Crippen LogP contribution is -2.50. The lowest BCUT2D eigenvalue weighted by atomic mass is 9.83. The number of carbonyl (C=O) groups is 1. The van der Waals surface area contributed by atoms with Gasteiger partial charge in [0.2, 0.25) is 5.91 Å². The van der Waals surface area contributed by atoms with Crippen molar-refractivity contribution in [1.29, 1.82) is 0 Å². The second-order valence-electron chi connectivity index (χ2n) is 8.39. The van der Waals surface area contributed by atoms with Gasteiger partial charge in [-0.15, -0.1) is 0 Å². The number of nitrogens with zero attached hydrogens (tertiary/aromatic N) is 1. The minimum atomic E-state index is -0.519. The number of aromatic nitrogens is 1. The molecule has 0 spiro atoms. The Morgan fingerprint density at radius 1 is 1.44 bits per heavy atom. The molecule has 132 valence electrons. The third kappa shape index (κ3) is 2.25. The summed E-state index contributed by atoms with van der Waals surface area (Å²) in [5, 5.41) is 11.4. The summed E-state index contributed by atoms with van der Waals surface area (Å²) in [6.07, 6.45) is 5.71. The quantitative estimate of drug-likeness (QED) is 0.899. The molecule has 4 bridgehead atoms. The number of benzene rings is 1. The van der Waals surface area contributed by atoms with Gasteiger partial charge >= 0.3 is 0 Å². The van der Waals surface area contributed by atoms with Crippen LogP contribution in [0, 0.1) is 11.7 Å². The lowest BCUT2D eigenvalue weighted by Gasteiger charge is -2.41. The molecule has 4 fully saturated rings. The summed E-state index contributed by atoms with van der Waals surface area (Å²) in [4.78, 5) is 18.2. The van der Waals surface area contributed by atoms with E-state index >= 15 is 0 Å². The van der Waals surface area contributed by atoms with Gasteiger partial charge in [0.15, 0.2) is 0 Å². The summed E-state index contributed by atoms with van der Waals surface area (Å²) in [7, 11) is 0. The van der Waals surface area contributed by atoms with E-state index in [-0.39, 0.29) is 29.7 Å². The van der Waals surface area contributed by atoms with Crippen molar-refractivity contribution in [3.63, 3.8) is 0 Å². The highest BCUT2D eigenvalue weighted by atomic mass is 19.1. The van der Waals surface area contributed by atoms with Crippen LogP contribution in [0.5, 0.6) is 0 Å². The molecule has 5 unspecified atom stereocenters. The zero-order chi connectivity index (χ0) is 17.3. The Morgan fingerprint density at radius 3 is 3.08 bits per heavy atom. The Kier molecular flexibility index (Phi) is 3.12. The van der Waals surface area contributed by atoms with Gasteiger partial charge in [-0.2, -0.15) is 0 Å². The number of nitrogens with one attached hydrogen (secondary N) is 1. The molecule has 6 rings (SSSR count). The van der Waals surface area contributed by atoms with E-state index in [0.717, 1.165) is 42.1 Å². The van der Waals surface area contributed by atoms with Crippen LogP contribution in [-0.2, 0) is 4.79 Å². The Hall–Kier alpha value is -1.88. The SMILES string of the molecule is CC(CC(=O)N1C2CC3CC(O)(C2)CC31)c1c[nH]c2ccc(F)cc12. The van der Waals surface area contributed by atoms with Gasteiger partial charge in [-0.05, 0) is 61.3 Å². The molecule has 4 aliphatic rings. The van der Waals surface area contributed by atoms with Gasteiger partial charge in [0.05, 0.1) is 5.60 Å². The van der Waals surface area contributed by atoms with E-state index < -0.39 is 5.60 Å². The number of hydrogen-bond acceptors (Lipinski definition) is 2. The normalized spacial score (nSPS) is 34.2. The van der Waals surface area contributed by atoms with Crippen LogP contribution in [0.25, 0.3) is 10.9 Å². The van der Waals surface area contributed by atoms with Crippen LogP contribution >= 0.6 is 0 Å². The summed E-state index contributed by atoms with van der Waals surface area (Å²) in [5.41, 5.74) is 1.38. The lowest BCUT2D eigenvalue weighted by molar-refractivity contribution is -0.139. The minimum Gasteiger partial charge on any atom is -0.390 e. The smallest absolute Gasteiger partial charge is 0.223 e. The summed E-state index contributed by atoms with van der Waals surface area (Å²) in [6.45, 7) is 2.03. The van der Waals surface area contributed by atoms with Crippen LogP contribution in [0.1, 0.15) is 50.5 Å². The topological polar surface area (TPSA) is 56.3 Å². The van der Waals surface area contributed by atoms with Gasteiger partial charge < -0.3 is 15.0 Å². The number of piperidine rings is 1. The molecule has 25 heavy (non-hydrogen) atoms. The van der Waals surface area contributed by atoms with E-state index in [1.54, 1.807) is 6.07 Å². The molecule has 2 aliphatic heterocycles. The average Bonchev–Trinajstić information content (AvgIpc) is 3.13. The number of aliphatic hydroxyl groups is 1. The van der Waals surface area contributed by atoms with E-state index in [2.05, 4.69) is 9.88 Å². The Bertz CT molecular complexity index is 858. The maximum Gasteiger partial charge on any atom is 0.223 e. The molecule has 2 aliphatic carbocycles. The molecule has 5 atom stereocenters. The maximum absolute atomic E-state index is 13.6. The van der Waals surface area contributed by atoms with Crippen LogP contribution in [0.3, 0.4) is 0 Å². The summed E-state index contributed by atoms with van der Waals surface area (Å²) < 4.78 is 13.6. The molecule has 3 heterocycles. The molecule has 1 aromatic heterocycles. The molecular weight excluding hydrogens is 319 g/mol. The van der Waals surface area contributed by atoms with E-state index in [1.807, 2.05) is 13.1 Å². The summed E-state index contributed by atoms with van der Waals surface area (Å²) in [6, 6.07) is 5.16. The second-order valence-corrected chi connectivity index (χ2v) is 8.39. The zero-order valence-corrected chi connectivity index (χ0v) is 14.3. The van der Waals surface area contributed by atoms with Crippen LogP contribution in [0.15, 0.2) is 24.4 Å². The number of hydrogen-bond donors (Lipinski definition) is 2. The van der Waals surface area contributed by atoms with E-state index in [0.29, 0.717) is 12.3 Å². The van der Waals surface area contributed by atoms with Gasteiger partial charge in [0.1, 0.15) is 5.82 Å². The summed E-state index contributed by atoms with van der Waals surface area (Å²) in [5.74, 6) is 0.432. The number of halogens is 1. The first kappa shape index (κ1) is 15.4. The first-order valence-corrected chi connectivity index (χ1v) is 9.24. The van der Waals surface area contributed by atoms with Gasteiger partial charge in [-0.3, -0.25) is 4.79 Å². The molecule has 1 aromatic carbocycles. The fraction of sp³-hybridized carbons (Fsp3) is 0.550. The van der Waals surface area contributed by atoms with Gasteiger partial charge in [0, 0.05) is 35.6 Å². The number of amides is 1. The van der Waals surface area contributed by atoms with Gasteiger partial charge in [-0.25, -0.2) is 4.39 Å². The fourth-order valence-corrected chi connectivity index (χ4v) is 5.74. The van der Waals surface area contributed by atoms with Crippen molar-refractivity contribution in [1.82, 2.24) is 9.88 Å². The molecule has 2 saturated heterocycles. The Morgan fingerprint density at radius 2 is 2.28 bits per heavy atom. The van der Waals surface area contributed by atoms with Crippen LogP contribution < -0.4 is 0 Å². The molecule has 1 amide bonds. The standard InChI is InChI=1S/C20H23FN2O2/c1-11(16-10-22-17-3-2-13(21)6-15(16)17)4-19(24)23-14-5-12-7-20(25,8-14)9-18(12)23/h2-3,6,10-12,14,18,22,25H,4-5,7-9H2,1H3. The minimum absolute atomic E-state index is 0.0301. The Balaban J connectivity index is 1.37. The highest BCUT2D eigenvalue weighted by Crippen LogP contribution is 2.55. The van der Waals surface area contributed by atoms with Crippen molar-refractivity contribution in [3.8, 4) is 0 Å². The number of fused-ring (bicyclic) bond motifs is 1. The number of H-pyrrole nitrogens is 1. The van der Waals surface area contributed by atoms with Crippen molar-refractivity contribution in [2.75, 3.05) is 0 Å². The van der Waals surface area contributed by atoms with Crippen molar-refractivity contribution >= 4 is 16.8 Å². The molecule has 0 radical (unpaired) electrons. The van der Waals surface area contributed by atoms with Crippen molar-refractivity contribution in [2.45, 2.75) is 62.6 Å². The number of carbonyl (C=O) groups excluding carboxylic acids is 1. The van der Waals surface area contributed by atoms with Gasteiger partial charge in [-0.1, -0.05) is 6.92 Å². The van der Waals surface area contributed by atoms with Crippen molar-refractivity contribution in [3.05, 3.63) is 35.8 Å². The van der Waals surface area contributed by atoms with E-state index in [9.17, 15) is 14.3 Å². The highest BCUT2D eigenvalue weighted by molar-refractivity contribution is 5.85. The maximum atomic E-state index is 13.6. The largest absolute Gasteiger partial charge is 0.390 e. The molecule has 4 nitrogen and oxygen atoms in total. The van der Waals surface area contributed by atoms with Crippen LogP contribution in [0.2, 0.25) is 0 Å². The predicted octanol–water partition coefficient (Wildman–Crippen LogP) is 3.31. The first-order chi connectivity index (χ1) is 11.9. The van der Waals surface area contributed by atoms with Crippen molar-refractivity contribution < 1.29 is 14.3 Å². The third-order valence-electron chi connectivity index (χ3n) is 6.69. The molecule has 2 N–H and O–H groups in total. The summed E-state index contributed by atoms with van der Waals surface area (Å²) >= 11 is 0. The average molecular weight is 342 g/mol. The van der Waals surface area contributed by atoms with Crippen molar-refractivity contribution in [2.24, 2.45) is 5.92 Å². The predicted molar refractivity (Wildman–Crippen MR) is 92.6 cm³/mol. The van der Waals surface area contributed by atoms with Crippen LogP contribution in [0.4, 0.5) is 4.39 Å². The van der Waals surface area contributed by atoms with Crippen LogP contribution in [-0.4, -0.2) is 38.6 Å². The van der Waals surface area contributed by atoms with E-state index in [4.69, 9.17) is 0 Å².